The summed E-state index contributed by atoms with van der Waals surface area (Å²) in [4.78, 5) is 18.6. The lowest BCUT2D eigenvalue weighted by Gasteiger charge is -2.26. The van der Waals surface area contributed by atoms with Gasteiger partial charge in [-0.15, -0.1) is 0 Å². The van der Waals surface area contributed by atoms with Crippen LogP contribution in [-0.2, 0) is 4.79 Å². The van der Waals surface area contributed by atoms with Crippen LogP contribution in [0.15, 0.2) is 4.99 Å². The number of hydrogen-bond donors (Lipinski definition) is 2. The lowest BCUT2D eigenvalue weighted by Crippen LogP contribution is -2.40. The summed E-state index contributed by atoms with van der Waals surface area (Å²) >= 11 is 0. The number of piperidine rings is 1. The number of aliphatic imine (C=N–C) groups is 1. The molecule has 5 nitrogen and oxygen atoms in total. The van der Waals surface area contributed by atoms with E-state index in [4.69, 9.17) is 0 Å². The predicted octanol–water partition coefficient (Wildman–Crippen LogP) is 2.52. The van der Waals surface area contributed by atoms with Crippen LogP contribution in [0.3, 0.4) is 0 Å². The molecule has 132 valence electrons. The Bertz CT molecular complexity index is 371. The van der Waals surface area contributed by atoms with Crippen LogP contribution < -0.4 is 10.6 Å². The Labute approximate surface area is 141 Å². The maximum absolute atomic E-state index is 12.2. The Morgan fingerprint density at radius 1 is 1.09 bits per heavy atom. The largest absolute Gasteiger partial charge is 0.357 e. The molecule has 1 heterocycles. The zero-order valence-electron chi connectivity index (χ0n) is 14.8. The summed E-state index contributed by atoms with van der Waals surface area (Å²) in [6.07, 6.45) is 11.7. The molecule has 0 aromatic rings. The topological polar surface area (TPSA) is 56.7 Å². The Morgan fingerprint density at radius 3 is 2.52 bits per heavy atom. The average Bonchev–Trinajstić information content (AvgIpc) is 3.10. The average molecular weight is 322 g/mol. The molecule has 0 radical (unpaired) electrons. The van der Waals surface area contributed by atoms with Crippen molar-refractivity contribution in [3.8, 4) is 0 Å². The highest BCUT2D eigenvalue weighted by molar-refractivity contribution is 5.84. The van der Waals surface area contributed by atoms with E-state index >= 15 is 0 Å². The van der Waals surface area contributed by atoms with E-state index in [0.717, 1.165) is 50.9 Å². The maximum Gasteiger partial charge on any atom is 0.244 e. The molecule has 0 atom stereocenters. The van der Waals surface area contributed by atoms with Crippen LogP contribution in [0.5, 0.6) is 0 Å². The quantitative estimate of drug-likeness (QED) is 0.430. The van der Waals surface area contributed by atoms with Gasteiger partial charge in [-0.2, -0.15) is 0 Å². The van der Waals surface area contributed by atoms with E-state index in [2.05, 4.69) is 22.5 Å². The van der Waals surface area contributed by atoms with Crippen LogP contribution in [0.2, 0.25) is 0 Å². The summed E-state index contributed by atoms with van der Waals surface area (Å²) in [6.45, 7) is 5.90. The van der Waals surface area contributed by atoms with Crippen molar-refractivity contribution in [3.05, 3.63) is 0 Å². The molecule has 0 spiro atoms. The van der Waals surface area contributed by atoms with Gasteiger partial charge < -0.3 is 15.5 Å². The highest BCUT2D eigenvalue weighted by atomic mass is 16.2. The molecule has 2 rings (SSSR count). The summed E-state index contributed by atoms with van der Waals surface area (Å²) < 4.78 is 0. The zero-order valence-corrected chi connectivity index (χ0v) is 14.8. The molecule has 1 saturated carbocycles. The molecule has 1 saturated heterocycles. The highest BCUT2D eigenvalue weighted by Gasteiger charge is 2.16. The van der Waals surface area contributed by atoms with Crippen LogP contribution in [0.4, 0.5) is 0 Å². The van der Waals surface area contributed by atoms with Crippen molar-refractivity contribution in [2.24, 2.45) is 10.9 Å². The Morgan fingerprint density at radius 2 is 1.83 bits per heavy atom. The number of likely N-dealkylation sites (tertiary alicyclic amines) is 1. The van der Waals surface area contributed by atoms with Gasteiger partial charge in [-0.05, 0) is 44.9 Å². The summed E-state index contributed by atoms with van der Waals surface area (Å²) in [5.41, 5.74) is 0. The molecule has 0 aromatic heterocycles. The highest BCUT2D eigenvalue weighted by Crippen LogP contribution is 2.28. The minimum atomic E-state index is 0.160. The molecule has 0 bridgehead atoms. The minimum Gasteiger partial charge on any atom is -0.357 e. The second kappa shape index (κ2) is 10.5. The normalized spacial score (nSPS) is 19.9. The van der Waals surface area contributed by atoms with Gasteiger partial charge in [-0.3, -0.25) is 4.79 Å². The lowest BCUT2D eigenvalue weighted by atomic mass is 10.0. The molecule has 0 aromatic carbocycles. The van der Waals surface area contributed by atoms with E-state index in [0.29, 0.717) is 0 Å². The molecule has 1 aliphatic carbocycles. The second-order valence-corrected chi connectivity index (χ2v) is 6.86. The van der Waals surface area contributed by atoms with Gasteiger partial charge in [-0.1, -0.05) is 25.7 Å². The molecular weight excluding hydrogens is 288 g/mol. The first-order chi connectivity index (χ1) is 11.3. The van der Waals surface area contributed by atoms with Crippen molar-refractivity contribution < 1.29 is 4.79 Å². The Balaban J connectivity index is 1.67. The van der Waals surface area contributed by atoms with E-state index in [1.165, 1.54) is 44.9 Å². The molecule has 5 heteroatoms. The predicted molar refractivity (Wildman–Crippen MR) is 95.6 cm³/mol. The number of rotatable bonds is 7. The van der Waals surface area contributed by atoms with Gasteiger partial charge >= 0.3 is 0 Å². The molecule has 1 amide bonds. The molecule has 2 aliphatic rings. The van der Waals surface area contributed by atoms with E-state index in [1.54, 1.807) is 0 Å². The van der Waals surface area contributed by atoms with Crippen molar-refractivity contribution in [1.82, 2.24) is 15.5 Å². The Kier molecular flexibility index (Phi) is 8.26. The standard InChI is InChI=1S/C18H34N4O/c1-2-19-18(20-12-8-11-16-9-4-5-10-16)21-15-17(23)22-13-6-3-7-14-22/h16H,2-15H2,1H3,(H2,19,20,21). The zero-order chi connectivity index (χ0) is 16.3. The number of guanidine groups is 1. The number of carbonyl (C=O) groups is 1. The fourth-order valence-electron chi connectivity index (χ4n) is 3.63. The number of amides is 1. The Hall–Kier alpha value is -1.26. The number of nitrogens with zero attached hydrogens (tertiary/aromatic N) is 2. The van der Waals surface area contributed by atoms with Crippen LogP contribution in [0.25, 0.3) is 0 Å². The number of hydrogen-bond acceptors (Lipinski definition) is 2. The molecule has 2 N–H and O–H groups in total. The van der Waals surface area contributed by atoms with E-state index in [1.807, 2.05) is 4.90 Å². The van der Waals surface area contributed by atoms with E-state index in [9.17, 15) is 4.79 Å². The van der Waals surface area contributed by atoms with Crippen LogP contribution in [0, 0.1) is 5.92 Å². The first-order valence-corrected chi connectivity index (χ1v) is 9.59. The van der Waals surface area contributed by atoms with Gasteiger partial charge in [0.05, 0.1) is 0 Å². The summed E-state index contributed by atoms with van der Waals surface area (Å²) in [7, 11) is 0. The van der Waals surface area contributed by atoms with Crippen molar-refractivity contribution in [2.45, 2.75) is 64.7 Å². The van der Waals surface area contributed by atoms with Crippen LogP contribution >= 0.6 is 0 Å². The van der Waals surface area contributed by atoms with Gasteiger partial charge in [0.2, 0.25) is 5.91 Å². The third-order valence-electron chi connectivity index (χ3n) is 4.98. The first-order valence-electron chi connectivity index (χ1n) is 9.59. The molecule has 1 aliphatic heterocycles. The van der Waals surface area contributed by atoms with Crippen molar-refractivity contribution in [2.75, 3.05) is 32.7 Å². The van der Waals surface area contributed by atoms with Gasteiger partial charge in [0.15, 0.2) is 5.96 Å². The van der Waals surface area contributed by atoms with Gasteiger partial charge in [-0.25, -0.2) is 4.99 Å². The third-order valence-corrected chi connectivity index (χ3v) is 4.98. The van der Waals surface area contributed by atoms with Gasteiger partial charge in [0, 0.05) is 26.2 Å². The number of nitrogens with one attached hydrogen (secondary N) is 2. The summed E-state index contributed by atoms with van der Waals surface area (Å²) in [5, 5.41) is 6.61. The van der Waals surface area contributed by atoms with Crippen LogP contribution in [-0.4, -0.2) is 49.5 Å². The molecular formula is C18H34N4O. The van der Waals surface area contributed by atoms with Gasteiger partial charge in [0.25, 0.3) is 0 Å². The molecule has 0 unspecified atom stereocenters. The molecule has 23 heavy (non-hydrogen) atoms. The smallest absolute Gasteiger partial charge is 0.244 e. The van der Waals surface area contributed by atoms with Crippen molar-refractivity contribution >= 4 is 11.9 Å². The monoisotopic (exact) mass is 322 g/mol. The lowest BCUT2D eigenvalue weighted by molar-refractivity contribution is -0.130. The summed E-state index contributed by atoms with van der Waals surface area (Å²) in [5.74, 6) is 1.88. The first kappa shape index (κ1) is 18.1. The second-order valence-electron chi connectivity index (χ2n) is 6.86. The van der Waals surface area contributed by atoms with Crippen LogP contribution in [0.1, 0.15) is 64.7 Å². The summed E-state index contributed by atoms with van der Waals surface area (Å²) in [6, 6.07) is 0. The van der Waals surface area contributed by atoms with Crippen molar-refractivity contribution in [1.29, 1.82) is 0 Å². The fourth-order valence-corrected chi connectivity index (χ4v) is 3.63. The third kappa shape index (κ3) is 6.80. The fraction of sp³-hybridized carbons (Fsp3) is 0.889. The SMILES string of the molecule is CCNC(=NCC(=O)N1CCCCC1)NCCCC1CCCC1. The molecule has 2 fully saturated rings. The maximum atomic E-state index is 12.2. The van der Waals surface area contributed by atoms with E-state index < -0.39 is 0 Å². The minimum absolute atomic E-state index is 0.160. The van der Waals surface area contributed by atoms with E-state index in [-0.39, 0.29) is 12.5 Å². The van der Waals surface area contributed by atoms with Gasteiger partial charge in [0.1, 0.15) is 6.54 Å². The van der Waals surface area contributed by atoms with Crippen molar-refractivity contribution in [3.63, 3.8) is 0 Å². The number of carbonyl (C=O) groups excluding carboxylic acids is 1.